The van der Waals surface area contributed by atoms with Crippen molar-refractivity contribution in [2.75, 3.05) is 7.11 Å². The zero-order chi connectivity index (χ0) is 29.1. The molecule has 0 aromatic heterocycles. The van der Waals surface area contributed by atoms with Crippen molar-refractivity contribution in [2.24, 2.45) is 0 Å². The van der Waals surface area contributed by atoms with E-state index in [4.69, 9.17) is 13.7 Å². The summed E-state index contributed by atoms with van der Waals surface area (Å²) in [5, 5.41) is 14.4. The van der Waals surface area contributed by atoms with Crippen LogP contribution in [0.25, 0.3) is 0 Å². The van der Waals surface area contributed by atoms with Gasteiger partial charge < -0.3 is 14.8 Å². The maximum Gasteiger partial charge on any atom is 0.401 e. The van der Waals surface area contributed by atoms with E-state index in [0.717, 1.165) is 7.11 Å². The Labute approximate surface area is 225 Å². The molecule has 13 heteroatoms. The standard InChI is InChI=1S/C26H28N2O10S/c1-6-26(38-39(33,34)35,19-11-7-9-15(2)13-19)37-25(30)22-17(4)27-16(3)21(24(29)36-5)23(22)18-10-8-12-20(14-18)28(31)32/h7-14,23,27H,6H2,1-5H3,(H,33,34,35). The lowest BCUT2D eigenvalue weighted by Gasteiger charge is -2.34. The molecular weight excluding hydrogens is 532 g/mol. The van der Waals surface area contributed by atoms with Crippen molar-refractivity contribution in [2.45, 2.75) is 45.8 Å². The zero-order valence-electron chi connectivity index (χ0n) is 21.9. The van der Waals surface area contributed by atoms with E-state index in [-0.39, 0.29) is 40.1 Å². The fourth-order valence-electron chi connectivity index (χ4n) is 4.51. The largest absolute Gasteiger partial charge is 0.466 e. The van der Waals surface area contributed by atoms with Crippen LogP contribution in [0, 0.1) is 17.0 Å². The van der Waals surface area contributed by atoms with Crippen LogP contribution in [0.1, 0.15) is 49.8 Å². The number of methoxy groups -OCH3 is 1. The van der Waals surface area contributed by atoms with Gasteiger partial charge in [-0.25, -0.2) is 9.59 Å². The number of carbonyl (C=O) groups excluding carboxylic acids is 2. The number of dihydropyridines is 1. The second-order valence-electron chi connectivity index (χ2n) is 8.86. The fraction of sp³-hybridized carbons (Fsp3) is 0.308. The highest BCUT2D eigenvalue weighted by Crippen LogP contribution is 2.42. The Kier molecular flexibility index (Phi) is 8.58. The molecule has 0 aliphatic carbocycles. The summed E-state index contributed by atoms with van der Waals surface area (Å²) in [7, 11) is -3.98. The van der Waals surface area contributed by atoms with Crippen LogP contribution in [0.2, 0.25) is 0 Å². The molecule has 0 spiro atoms. The second-order valence-corrected chi connectivity index (χ2v) is 9.88. The molecule has 0 radical (unpaired) electrons. The Hall–Kier alpha value is -4.07. The number of carbonyl (C=O) groups is 2. The quantitative estimate of drug-likeness (QED) is 0.150. The summed E-state index contributed by atoms with van der Waals surface area (Å²) in [6, 6.07) is 11.7. The Balaban J connectivity index is 2.23. The molecule has 2 aromatic rings. The van der Waals surface area contributed by atoms with Gasteiger partial charge >= 0.3 is 22.3 Å². The summed E-state index contributed by atoms with van der Waals surface area (Å²) in [6.45, 7) is 6.32. The van der Waals surface area contributed by atoms with E-state index >= 15 is 0 Å². The highest BCUT2D eigenvalue weighted by atomic mass is 32.3. The number of non-ortho nitro benzene ring substituents is 1. The number of esters is 2. The van der Waals surface area contributed by atoms with Crippen LogP contribution in [0.5, 0.6) is 0 Å². The number of nitrogens with zero attached hydrogens (tertiary/aromatic N) is 1. The van der Waals surface area contributed by atoms with Crippen LogP contribution in [-0.4, -0.2) is 36.9 Å². The molecule has 0 bridgehead atoms. The summed E-state index contributed by atoms with van der Waals surface area (Å²) in [5.41, 5.74) is 1.17. The van der Waals surface area contributed by atoms with Crippen molar-refractivity contribution < 1.29 is 41.1 Å². The van der Waals surface area contributed by atoms with Gasteiger partial charge in [0.1, 0.15) is 0 Å². The molecule has 0 saturated carbocycles. The minimum Gasteiger partial charge on any atom is -0.466 e. The maximum absolute atomic E-state index is 13.9. The van der Waals surface area contributed by atoms with E-state index in [2.05, 4.69) is 5.32 Å². The predicted molar refractivity (Wildman–Crippen MR) is 138 cm³/mol. The summed E-state index contributed by atoms with van der Waals surface area (Å²) >= 11 is 0. The van der Waals surface area contributed by atoms with Gasteiger partial charge in [0.05, 0.1) is 29.1 Å². The molecule has 3 rings (SSSR count). The van der Waals surface area contributed by atoms with Crippen LogP contribution in [0.15, 0.2) is 71.1 Å². The first-order valence-corrected chi connectivity index (χ1v) is 13.1. The Morgan fingerprint density at radius 2 is 1.67 bits per heavy atom. The number of hydrogen-bond donors (Lipinski definition) is 2. The van der Waals surface area contributed by atoms with Crippen molar-refractivity contribution >= 4 is 28.0 Å². The number of hydrogen-bond acceptors (Lipinski definition) is 10. The lowest BCUT2D eigenvalue weighted by molar-refractivity contribution is -0.384. The van der Waals surface area contributed by atoms with Gasteiger partial charge in [0.15, 0.2) is 0 Å². The van der Waals surface area contributed by atoms with Gasteiger partial charge in [-0.05, 0) is 32.4 Å². The molecule has 2 unspecified atom stereocenters. The molecule has 1 heterocycles. The van der Waals surface area contributed by atoms with E-state index in [0.29, 0.717) is 11.3 Å². The normalized spacial score (nSPS) is 17.2. The molecule has 39 heavy (non-hydrogen) atoms. The van der Waals surface area contributed by atoms with Crippen molar-refractivity contribution in [3.05, 3.63) is 97.9 Å². The molecule has 1 aliphatic rings. The molecule has 0 amide bonds. The van der Waals surface area contributed by atoms with Crippen LogP contribution >= 0.6 is 0 Å². The highest BCUT2D eigenvalue weighted by Gasteiger charge is 2.45. The van der Waals surface area contributed by atoms with Gasteiger partial charge in [-0.2, -0.15) is 12.6 Å². The fourth-order valence-corrected chi connectivity index (χ4v) is 5.10. The van der Waals surface area contributed by atoms with Gasteiger partial charge in [0, 0.05) is 35.5 Å². The van der Waals surface area contributed by atoms with Crippen LogP contribution in [-0.2, 0) is 39.4 Å². The average molecular weight is 561 g/mol. The molecular formula is C26H28N2O10S. The first-order valence-electron chi connectivity index (χ1n) is 11.7. The van der Waals surface area contributed by atoms with Gasteiger partial charge in [-0.15, -0.1) is 0 Å². The highest BCUT2D eigenvalue weighted by molar-refractivity contribution is 7.80. The molecule has 0 saturated heterocycles. The molecule has 12 nitrogen and oxygen atoms in total. The minimum atomic E-state index is -5.13. The van der Waals surface area contributed by atoms with Crippen LogP contribution in [0.3, 0.4) is 0 Å². The number of rotatable bonds is 9. The number of ether oxygens (including phenoxy) is 2. The zero-order valence-corrected chi connectivity index (χ0v) is 22.7. The molecule has 2 aromatic carbocycles. The predicted octanol–water partition coefficient (Wildman–Crippen LogP) is 3.94. The number of allylic oxidation sites excluding steroid dienone is 2. The molecule has 2 atom stereocenters. The lowest BCUT2D eigenvalue weighted by atomic mass is 9.80. The summed E-state index contributed by atoms with van der Waals surface area (Å²) < 4.78 is 49.0. The van der Waals surface area contributed by atoms with Gasteiger partial charge in [-0.3, -0.25) is 14.7 Å². The van der Waals surface area contributed by atoms with Gasteiger partial charge in [0.25, 0.3) is 11.5 Å². The van der Waals surface area contributed by atoms with E-state index in [1.54, 1.807) is 26.0 Å². The van der Waals surface area contributed by atoms with Crippen LogP contribution in [0.4, 0.5) is 5.69 Å². The van der Waals surface area contributed by atoms with E-state index < -0.39 is 39.0 Å². The first kappa shape index (κ1) is 29.5. The monoisotopic (exact) mass is 560 g/mol. The summed E-state index contributed by atoms with van der Waals surface area (Å²) in [6.07, 6.45) is -0.234. The molecule has 0 fully saturated rings. The lowest BCUT2D eigenvalue weighted by Crippen LogP contribution is -2.40. The van der Waals surface area contributed by atoms with E-state index in [1.165, 1.54) is 50.2 Å². The summed E-state index contributed by atoms with van der Waals surface area (Å²) in [4.78, 5) is 37.7. The number of aryl methyl sites for hydroxylation is 1. The Morgan fingerprint density at radius 1 is 1.05 bits per heavy atom. The smallest absolute Gasteiger partial charge is 0.401 e. The SMILES string of the molecule is CCC(OC(=O)C1=C(C)NC(C)=C(C(=O)OC)C1c1cccc([N+](=O)[O-])c1)(OS(=O)(=O)O)c1cccc(C)c1. The molecule has 208 valence electrons. The van der Waals surface area contributed by atoms with Crippen molar-refractivity contribution in [1.29, 1.82) is 0 Å². The first-order chi connectivity index (χ1) is 18.2. The van der Waals surface area contributed by atoms with Gasteiger partial charge in [-0.1, -0.05) is 42.8 Å². The Morgan fingerprint density at radius 3 is 2.21 bits per heavy atom. The summed E-state index contributed by atoms with van der Waals surface area (Å²) in [5.74, 6) is -5.37. The number of nitro groups is 1. The van der Waals surface area contributed by atoms with E-state index in [9.17, 15) is 32.7 Å². The van der Waals surface area contributed by atoms with Crippen molar-refractivity contribution in [3.8, 4) is 0 Å². The van der Waals surface area contributed by atoms with Gasteiger partial charge in [0.2, 0.25) is 0 Å². The third-order valence-electron chi connectivity index (χ3n) is 6.22. The minimum absolute atomic E-state index is 0.0103. The topological polar surface area (TPSA) is 171 Å². The number of nitrogens with one attached hydrogen (secondary N) is 1. The Bertz CT molecular complexity index is 1500. The second kappa shape index (κ2) is 11.4. The maximum atomic E-state index is 13.9. The molecule has 1 aliphatic heterocycles. The third-order valence-corrected chi connectivity index (χ3v) is 6.70. The van der Waals surface area contributed by atoms with Crippen molar-refractivity contribution in [1.82, 2.24) is 5.32 Å². The van der Waals surface area contributed by atoms with E-state index in [1.807, 2.05) is 0 Å². The number of nitro benzene ring substituents is 1. The third kappa shape index (κ3) is 6.33. The number of benzene rings is 2. The molecule has 2 N–H and O–H groups in total. The van der Waals surface area contributed by atoms with Crippen LogP contribution < -0.4 is 5.32 Å². The van der Waals surface area contributed by atoms with Crippen molar-refractivity contribution in [3.63, 3.8) is 0 Å². The average Bonchev–Trinajstić information content (AvgIpc) is 2.86.